The van der Waals surface area contributed by atoms with Crippen LogP contribution >= 0.6 is 0 Å². The first kappa shape index (κ1) is 15.4. The normalized spacial score (nSPS) is 11.8. The summed E-state index contributed by atoms with van der Waals surface area (Å²) in [6.45, 7) is 7.99. The first-order valence-corrected chi connectivity index (χ1v) is 4.27. The van der Waals surface area contributed by atoms with Gasteiger partial charge in [-0.05, 0) is 32.7 Å². The number of likely N-dealkylation sites (N-methyl/N-ethyl adjacent to an activating group) is 1. The Bertz CT molecular complexity index is 138. The SMILES string of the molecule is CN(C)CC[N-]C=NC(C)(C)C.[Ni]. The van der Waals surface area contributed by atoms with Gasteiger partial charge >= 0.3 is 0 Å². The molecule has 0 bridgehead atoms. The van der Waals surface area contributed by atoms with E-state index >= 15 is 0 Å². The average molecular weight is 229 g/mol. The molecule has 0 fully saturated rings. The van der Waals surface area contributed by atoms with Crippen molar-refractivity contribution in [2.75, 3.05) is 27.2 Å². The summed E-state index contributed by atoms with van der Waals surface area (Å²) in [4.78, 5) is 6.35. The third-order valence-electron chi connectivity index (χ3n) is 1.20. The molecule has 0 rings (SSSR count). The van der Waals surface area contributed by atoms with E-state index in [0.29, 0.717) is 0 Å². The molecule has 0 aliphatic carbocycles. The van der Waals surface area contributed by atoms with Crippen LogP contribution in [-0.4, -0.2) is 44.0 Å². The summed E-state index contributed by atoms with van der Waals surface area (Å²) in [7, 11) is 4.08. The van der Waals surface area contributed by atoms with Crippen molar-refractivity contribution in [1.82, 2.24) is 4.90 Å². The summed E-state index contributed by atoms with van der Waals surface area (Å²) in [5.41, 5.74) is 0.00160. The van der Waals surface area contributed by atoms with Gasteiger partial charge in [0.15, 0.2) is 0 Å². The molecule has 0 aliphatic rings. The van der Waals surface area contributed by atoms with Crippen molar-refractivity contribution in [1.29, 1.82) is 0 Å². The fourth-order valence-electron chi connectivity index (χ4n) is 0.529. The Hall–Kier alpha value is -0.0765. The van der Waals surface area contributed by atoms with Crippen molar-refractivity contribution in [3.05, 3.63) is 5.32 Å². The molecule has 0 saturated heterocycles. The zero-order chi connectivity index (χ0) is 9.61. The van der Waals surface area contributed by atoms with Crippen LogP contribution < -0.4 is 0 Å². The molecule has 0 spiro atoms. The molecule has 13 heavy (non-hydrogen) atoms. The number of nitrogens with zero attached hydrogens (tertiary/aromatic N) is 3. The van der Waals surface area contributed by atoms with E-state index in [4.69, 9.17) is 0 Å². The van der Waals surface area contributed by atoms with Crippen LogP contribution in [0.1, 0.15) is 20.8 Å². The first-order chi connectivity index (χ1) is 5.42. The molecule has 0 aliphatic heterocycles. The Labute approximate surface area is 91.9 Å². The van der Waals surface area contributed by atoms with Gasteiger partial charge in [0, 0.05) is 16.5 Å². The van der Waals surface area contributed by atoms with Crippen LogP contribution in [0.5, 0.6) is 0 Å². The standard InChI is InChI=1S/C9H20N3.Ni/c1-9(2,3)11-8-10-6-7-12(4)5;/h8H,6-7H2,1-5H3;/q-1;. The van der Waals surface area contributed by atoms with Gasteiger partial charge in [-0.25, -0.2) is 0 Å². The summed E-state index contributed by atoms with van der Waals surface area (Å²) in [5.74, 6) is 0. The smallest absolute Gasteiger partial charge is 0 e. The van der Waals surface area contributed by atoms with E-state index in [9.17, 15) is 0 Å². The first-order valence-electron chi connectivity index (χ1n) is 4.27. The number of hydrogen-bond donors (Lipinski definition) is 0. The van der Waals surface area contributed by atoms with Crippen LogP contribution in [0.4, 0.5) is 0 Å². The summed E-state index contributed by atoms with van der Waals surface area (Å²) >= 11 is 0. The van der Waals surface area contributed by atoms with Gasteiger partial charge in [0.25, 0.3) is 0 Å². The molecule has 82 valence electrons. The Morgan fingerprint density at radius 1 is 1.31 bits per heavy atom. The zero-order valence-corrected chi connectivity index (χ0v) is 10.1. The maximum atomic E-state index is 4.24. The largest absolute Gasteiger partial charge is 0.471 e. The van der Waals surface area contributed by atoms with Gasteiger partial charge in [-0.2, -0.15) is 0 Å². The van der Waals surface area contributed by atoms with Crippen LogP contribution in [-0.2, 0) is 16.5 Å². The summed E-state index contributed by atoms with van der Waals surface area (Å²) < 4.78 is 0. The van der Waals surface area contributed by atoms with Crippen molar-refractivity contribution in [3.8, 4) is 0 Å². The van der Waals surface area contributed by atoms with Gasteiger partial charge in [0.1, 0.15) is 0 Å². The fraction of sp³-hybridized carbons (Fsp3) is 0.889. The van der Waals surface area contributed by atoms with E-state index in [1.807, 2.05) is 14.1 Å². The quantitative estimate of drug-likeness (QED) is 0.312. The van der Waals surface area contributed by atoms with Crippen molar-refractivity contribution < 1.29 is 16.5 Å². The molecule has 3 nitrogen and oxygen atoms in total. The van der Waals surface area contributed by atoms with Crippen LogP contribution in [0.2, 0.25) is 0 Å². The van der Waals surface area contributed by atoms with E-state index in [1.165, 1.54) is 0 Å². The summed E-state index contributed by atoms with van der Waals surface area (Å²) in [6, 6.07) is 0. The predicted molar refractivity (Wildman–Crippen MR) is 55.0 cm³/mol. The summed E-state index contributed by atoms with van der Waals surface area (Å²) in [5, 5.41) is 4.16. The van der Waals surface area contributed by atoms with Crippen LogP contribution in [0, 0.1) is 0 Å². The van der Waals surface area contributed by atoms with E-state index < -0.39 is 0 Å². The molecule has 0 atom stereocenters. The van der Waals surface area contributed by atoms with Gasteiger partial charge in [0.2, 0.25) is 0 Å². The number of hydrogen-bond acceptors (Lipinski definition) is 2. The van der Waals surface area contributed by atoms with Crippen molar-refractivity contribution in [2.24, 2.45) is 4.99 Å². The molecule has 0 aromatic carbocycles. The van der Waals surface area contributed by atoms with Crippen LogP contribution in [0.3, 0.4) is 0 Å². The van der Waals surface area contributed by atoms with E-state index in [-0.39, 0.29) is 22.0 Å². The molecule has 4 heteroatoms. The third-order valence-corrected chi connectivity index (χ3v) is 1.20. The number of rotatable bonds is 4. The van der Waals surface area contributed by atoms with E-state index in [0.717, 1.165) is 13.1 Å². The molecular weight excluding hydrogens is 209 g/mol. The zero-order valence-electron chi connectivity index (χ0n) is 9.15. The van der Waals surface area contributed by atoms with E-state index in [2.05, 4.69) is 36.0 Å². The third kappa shape index (κ3) is 14.7. The second kappa shape index (κ2) is 7.34. The molecule has 0 saturated carbocycles. The average Bonchev–Trinajstić information content (AvgIpc) is 1.83. The minimum atomic E-state index is 0. The topological polar surface area (TPSA) is 29.7 Å². The predicted octanol–water partition coefficient (Wildman–Crippen LogP) is 1.75. The molecule has 0 N–H and O–H groups in total. The van der Waals surface area contributed by atoms with Crippen molar-refractivity contribution in [3.63, 3.8) is 0 Å². The van der Waals surface area contributed by atoms with Crippen LogP contribution in [0.15, 0.2) is 4.99 Å². The molecule has 0 heterocycles. The Morgan fingerprint density at radius 2 is 1.85 bits per heavy atom. The summed E-state index contributed by atoms with van der Waals surface area (Å²) in [6.07, 6.45) is 1.67. The van der Waals surface area contributed by atoms with Gasteiger partial charge in [-0.15, -0.1) is 6.34 Å². The van der Waals surface area contributed by atoms with Gasteiger partial charge in [-0.1, -0.05) is 20.8 Å². The Balaban J connectivity index is 0. The van der Waals surface area contributed by atoms with Gasteiger partial charge in [0.05, 0.1) is 0 Å². The maximum absolute atomic E-state index is 4.24. The molecule has 0 aromatic heterocycles. The molecule has 0 unspecified atom stereocenters. The van der Waals surface area contributed by atoms with Crippen LogP contribution in [0.25, 0.3) is 5.32 Å². The minimum absolute atomic E-state index is 0. The maximum Gasteiger partial charge on any atom is 0 e. The fourth-order valence-corrected chi connectivity index (χ4v) is 0.529. The second-order valence-electron chi connectivity index (χ2n) is 4.12. The number of aliphatic imine (C=N–C) groups is 1. The molecule has 0 amide bonds. The van der Waals surface area contributed by atoms with Crippen molar-refractivity contribution >= 4 is 6.34 Å². The van der Waals surface area contributed by atoms with Gasteiger partial charge in [-0.3, -0.25) is 0 Å². The minimum Gasteiger partial charge on any atom is -0.471 e. The second-order valence-corrected chi connectivity index (χ2v) is 4.12. The van der Waals surface area contributed by atoms with E-state index in [1.54, 1.807) is 6.34 Å². The molecule has 0 aromatic rings. The van der Waals surface area contributed by atoms with Gasteiger partial charge < -0.3 is 15.2 Å². The Morgan fingerprint density at radius 3 is 2.23 bits per heavy atom. The molecular formula is C9H20N3Ni-. The van der Waals surface area contributed by atoms with Crippen molar-refractivity contribution in [2.45, 2.75) is 26.3 Å². The Kier molecular flexibility index (Phi) is 8.69. The monoisotopic (exact) mass is 228 g/mol. The molecule has 0 radical (unpaired) electrons.